The molecule has 0 saturated heterocycles. The minimum absolute atomic E-state index is 0.0429. The number of aromatic carboxylic acids is 1. The maximum absolute atomic E-state index is 11.0. The van der Waals surface area contributed by atoms with Gasteiger partial charge in [-0.3, -0.25) is 0 Å². The van der Waals surface area contributed by atoms with E-state index in [0.29, 0.717) is 17.1 Å². The molecule has 2 aromatic heterocycles. The summed E-state index contributed by atoms with van der Waals surface area (Å²) < 4.78 is 10.2. The first-order valence-corrected chi connectivity index (χ1v) is 5.02. The SMILES string of the molecule is O=C(O)c1oc(-c2ccoc2)nc1C1CC1. The third-order valence-electron chi connectivity index (χ3n) is 2.58. The van der Waals surface area contributed by atoms with Crippen LogP contribution in [0.3, 0.4) is 0 Å². The molecule has 3 rings (SSSR count). The van der Waals surface area contributed by atoms with Crippen molar-refractivity contribution in [1.82, 2.24) is 4.98 Å². The average molecular weight is 219 g/mol. The molecular formula is C11H9NO4. The Bertz CT molecular complexity index is 522. The van der Waals surface area contributed by atoms with Crippen LogP contribution in [0.5, 0.6) is 0 Å². The quantitative estimate of drug-likeness (QED) is 0.858. The zero-order chi connectivity index (χ0) is 11.1. The summed E-state index contributed by atoms with van der Waals surface area (Å²) >= 11 is 0. The third-order valence-corrected chi connectivity index (χ3v) is 2.58. The van der Waals surface area contributed by atoms with Crippen LogP contribution in [0.1, 0.15) is 35.0 Å². The highest BCUT2D eigenvalue weighted by Crippen LogP contribution is 2.42. The molecule has 2 heterocycles. The number of carboxylic acids is 1. The van der Waals surface area contributed by atoms with E-state index in [2.05, 4.69) is 4.98 Å². The number of oxazole rings is 1. The van der Waals surface area contributed by atoms with Crippen molar-refractivity contribution in [3.05, 3.63) is 30.0 Å². The Morgan fingerprint density at radius 1 is 1.50 bits per heavy atom. The Balaban J connectivity index is 2.08. The van der Waals surface area contributed by atoms with Crippen LogP contribution in [-0.2, 0) is 0 Å². The summed E-state index contributed by atoms with van der Waals surface area (Å²) in [4.78, 5) is 15.2. The molecule has 1 saturated carbocycles. The van der Waals surface area contributed by atoms with Gasteiger partial charge >= 0.3 is 5.97 Å². The molecule has 5 heteroatoms. The molecule has 0 bridgehead atoms. The Labute approximate surface area is 90.7 Å². The summed E-state index contributed by atoms with van der Waals surface area (Å²) in [7, 11) is 0. The maximum atomic E-state index is 11.0. The molecular weight excluding hydrogens is 210 g/mol. The lowest BCUT2D eigenvalue weighted by Crippen LogP contribution is -1.98. The van der Waals surface area contributed by atoms with E-state index in [4.69, 9.17) is 13.9 Å². The number of nitrogens with zero attached hydrogens (tertiary/aromatic N) is 1. The standard InChI is InChI=1S/C11H9NO4/c13-11(14)9-8(6-1-2-6)12-10(16-9)7-3-4-15-5-7/h3-6H,1-2H2,(H,13,14). The lowest BCUT2D eigenvalue weighted by Gasteiger charge is -1.89. The van der Waals surface area contributed by atoms with Crippen molar-refractivity contribution in [2.24, 2.45) is 0 Å². The monoisotopic (exact) mass is 219 g/mol. The molecule has 82 valence electrons. The van der Waals surface area contributed by atoms with Gasteiger partial charge in [0, 0.05) is 5.92 Å². The summed E-state index contributed by atoms with van der Waals surface area (Å²) in [6.45, 7) is 0. The van der Waals surface area contributed by atoms with E-state index in [1.165, 1.54) is 12.5 Å². The molecule has 1 fully saturated rings. The van der Waals surface area contributed by atoms with Crippen molar-refractivity contribution >= 4 is 5.97 Å². The van der Waals surface area contributed by atoms with Gasteiger partial charge in [0.1, 0.15) is 6.26 Å². The molecule has 5 nitrogen and oxygen atoms in total. The molecule has 1 aliphatic carbocycles. The van der Waals surface area contributed by atoms with Crippen molar-refractivity contribution in [3.8, 4) is 11.5 Å². The molecule has 16 heavy (non-hydrogen) atoms. The summed E-state index contributed by atoms with van der Waals surface area (Å²) in [5, 5.41) is 9.00. The maximum Gasteiger partial charge on any atom is 0.373 e. The Morgan fingerprint density at radius 3 is 2.88 bits per heavy atom. The first kappa shape index (κ1) is 9.21. The normalized spacial score (nSPS) is 15.2. The zero-order valence-corrected chi connectivity index (χ0v) is 8.34. The lowest BCUT2D eigenvalue weighted by atomic mass is 10.2. The molecule has 0 atom stereocenters. The largest absolute Gasteiger partial charge is 0.475 e. The minimum atomic E-state index is -1.07. The van der Waals surface area contributed by atoms with Crippen molar-refractivity contribution in [2.45, 2.75) is 18.8 Å². The number of furan rings is 1. The number of aromatic nitrogens is 1. The summed E-state index contributed by atoms with van der Waals surface area (Å²) in [6.07, 6.45) is 4.94. The van der Waals surface area contributed by atoms with Gasteiger partial charge in [-0.05, 0) is 18.9 Å². The highest BCUT2D eigenvalue weighted by molar-refractivity contribution is 5.86. The molecule has 0 spiro atoms. The van der Waals surface area contributed by atoms with Gasteiger partial charge in [-0.2, -0.15) is 0 Å². The van der Waals surface area contributed by atoms with Crippen molar-refractivity contribution in [3.63, 3.8) is 0 Å². The lowest BCUT2D eigenvalue weighted by molar-refractivity contribution is 0.0661. The number of hydrogen-bond acceptors (Lipinski definition) is 4. The van der Waals surface area contributed by atoms with Crippen LogP contribution in [0.4, 0.5) is 0 Å². The fourth-order valence-electron chi connectivity index (χ4n) is 1.63. The Hall–Kier alpha value is -2.04. The van der Waals surface area contributed by atoms with Gasteiger partial charge in [0.2, 0.25) is 11.7 Å². The van der Waals surface area contributed by atoms with E-state index < -0.39 is 5.97 Å². The van der Waals surface area contributed by atoms with Crippen molar-refractivity contribution in [1.29, 1.82) is 0 Å². The van der Waals surface area contributed by atoms with E-state index in [1.807, 2.05) is 0 Å². The molecule has 0 aromatic carbocycles. The summed E-state index contributed by atoms with van der Waals surface area (Å²) in [5.74, 6) is -0.550. The average Bonchev–Trinajstić information content (AvgIpc) is 2.83. The van der Waals surface area contributed by atoms with Crippen LogP contribution >= 0.6 is 0 Å². The minimum Gasteiger partial charge on any atom is -0.475 e. The summed E-state index contributed by atoms with van der Waals surface area (Å²) in [5.41, 5.74) is 1.22. The predicted molar refractivity (Wildman–Crippen MR) is 53.1 cm³/mol. The van der Waals surface area contributed by atoms with Crippen LogP contribution in [0.15, 0.2) is 27.4 Å². The first-order chi connectivity index (χ1) is 7.75. The van der Waals surface area contributed by atoms with Crippen LogP contribution in [-0.4, -0.2) is 16.1 Å². The van der Waals surface area contributed by atoms with E-state index in [-0.39, 0.29) is 11.7 Å². The van der Waals surface area contributed by atoms with E-state index in [9.17, 15) is 4.79 Å². The van der Waals surface area contributed by atoms with Crippen LogP contribution < -0.4 is 0 Å². The van der Waals surface area contributed by atoms with Gasteiger partial charge in [-0.25, -0.2) is 9.78 Å². The summed E-state index contributed by atoms with van der Waals surface area (Å²) in [6, 6.07) is 1.69. The smallest absolute Gasteiger partial charge is 0.373 e. The highest BCUT2D eigenvalue weighted by Gasteiger charge is 2.33. The van der Waals surface area contributed by atoms with E-state index in [1.54, 1.807) is 6.07 Å². The van der Waals surface area contributed by atoms with Gasteiger partial charge in [-0.1, -0.05) is 0 Å². The van der Waals surface area contributed by atoms with Gasteiger partial charge in [0.05, 0.1) is 17.5 Å². The molecule has 0 radical (unpaired) electrons. The topological polar surface area (TPSA) is 76.5 Å². The van der Waals surface area contributed by atoms with Crippen molar-refractivity contribution < 1.29 is 18.7 Å². The van der Waals surface area contributed by atoms with Gasteiger partial charge in [0.15, 0.2) is 0 Å². The van der Waals surface area contributed by atoms with Crippen LogP contribution in [0, 0.1) is 0 Å². The van der Waals surface area contributed by atoms with Crippen molar-refractivity contribution in [2.75, 3.05) is 0 Å². The number of hydrogen-bond donors (Lipinski definition) is 1. The molecule has 1 N–H and O–H groups in total. The number of carbonyl (C=O) groups is 1. The molecule has 0 aliphatic heterocycles. The van der Waals surface area contributed by atoms with Crippen LogP contribution in [0.2, 0.25) is 0 Å². The third kappa shape index (κ3) is 1.41. The first-order valence-electron chi connectivity index (χ1n) is 5.02. The van der Waals surface area contributed by atoms with Gasteiger partial charge in [-0.15, -0.1) is 0 Å². The second kappa shape index (κ2) is 3.23. The van der Waals surface area contributed by atoms with Crippen LogP contribution in [0.25, 0.3) is 11.5 Å². The molecule has 1 aliphatic rings. The fourth-order valence-corrected chi connectivity index (χ4v) is 1.63. The molecule has 2 aromatic rings. The van der Waals surface area contributed by atoms with Gasteiger partial charge in [0.25, 0.3) is 0 Å². The second-order valence-electron chi connectivity index (χ2n) is 3.82. The zero-order valence-electron chi connectivity index (χ0n) is 8.34. The fraction of sp³-hybridized carbons (Fsp3) is 0.273. The Kier molecular flexibility index (Phi) is 1.86. The highest BCUT2D eigenvalue weighted by atomic mass is 16.4. The molecule has 0 amide bonds. The second-order valence-corrected chi connectivity index (χ2v) is 3.82. The van der Waals surface area contributed by atoms with E-state index in [0.717, 1.165) is 12.8 Å². The Morgan fingerprint density at radius 2 is 2.31 bits per heavy atom. The van der Waals surface area contributed by atoms with Gasteiger partial charge < -0.3 is 13.9 Å². The van der Waals surface area contributed by atoms with E-state index >= 15 is 0 Å². The molecule has 0 unspecified atom stereocenters. The number of carboxylic acid groups (broad SMARTS) is 1. The predicted octanol–water partition coefficient (Wildman–Crippen LogP) is 2.51. The number of rotatable bonds is 3.